The Morgan fingerprint density at radius 1 is 1.32 bits per heavy atom. The maximum Gasteiger partial charge on any atom is 0.122 e. The van der Waals surface area contributed by atoms with Crippen LogP contribution in [0.3, 0.4) is 0 Å². The molecule has 1 aliphatic carbocycles. The lowest BCUT2D eigenvalue weighted by atomic mass is 9.72. The molecule has 22 heavy (non-hydrogen) atoms. The summed E-state index contributed by atoms with van der Waals surface area (Å²) in [6.07, 6.45) is 5.00. The third-order valence-electron chi connectivity index (χ3n) is 5.82. The zero-order valence-electron chi connectivity index (χ0n) is 14.1. The van der Waals surface area contributed by atoms with Gasteiger partial charge in [0.1, 0.15) is 5.75 Å². The monoisotopic (exact) mass is 303 g/mol. The minimum atomic E-state index is -0.326. The molecule has 122 valence electrons. The highest BCUT2D eigenvalue weighted by atomic mass is 16.5. The number of aliphatic hydroxyl groups is 1. The number of hydrogen-bond acceptors (Lipinski definition) is 3. The van der Waals surface area contributed by atoms with E-state index in [1.54, 1.807) is 0 Å². The first-order valence-corrected chi connectivity index (χ1v) is 8.66. The molecule has 3 heteroatoms. The van der Waals surface area contributed by atoms with Crippen molar-refractivity contribution < 1.29 is 9.84 Å². The Morgan fingerprint density at radius 3 is 2.73 bits per heavy atom. The van der Waals surface area contributed by atoms with Gasteiger partial charge in [-0.25, -0.2) is 0 Å². The van der Waals surface area contributed by atoms with E-state index in [-0.39, 0.29) is 11.5 Å². The van der Waals surface area contributed by atoms with Crippen molar-refractivity contribution in [2.24, 2.45) is 5.41 Å². The van der Waals surface area contributed by atoms with Crippen LogP contribution in [0.25, 0.3) is 0 Å². The molecule has 0 bridgehead atoms. The quantitative estimate of drug-likeness (QED) is 0.896. The van der Waals surface area contributed by atoms with E-state index >= 15 is 0 Å². The smallest absolute Gasteiger partial charge is 0.122 e. The van der Waals surface area contributed by atoms with Gasteiger partial charge in [0, 0.05) is 24.4 Å². The molecule has 3 rings (SSSR count). The molecule has 0 aromatic heterocycles. The van der Waals surface area contributed by atoms with Gasteiger partial charge in [-0.15, -0.1) is 0 Å². The minimum Gasteiger partial charge on any atom is -0.490 e. The van der Waals surface area contributed by atoms with Crippen LogP contribution in [-0.2, 0) is 0 Å². The fourth-order valence-electron chi connectivity index (χ4n) is 3.93. The lowest BCUT2D eigenvalue weighted by Gasteiger charge is -2.34. The lowest BCUT2D eigenvalue weighted by Crippen LogP contribution is -2.36. The Balaban J connectivity index is 1.85. The fraction of sp³-hybridized carbons (Fsp3) is 0.684. The molecule has 2 aliphatic rings. The van der Waals surface area contributed by atoms with Gasteiger partial charge >= 0.3 is 0 Å². The molecular weight excluding hydrogens is 274 g/mol. The Morgan fingerprint density at radius 2 is 2.05 bits per heavy atom. The summed E-state index contributed by atoms with van der Waals surface area (Å²) in [7, 11) is 0. The predicted molar refractivity (Wildman–Crippen MR) is 89.5 cm³/mol. The van der Waals surface area contributed by atoms with Gasteiger partial charge in [-0.1, -0.05) is 19.1 Å². The molecule has 2 N–H and O–H groups in total. The SMILES string of the molecule is Cc1ccc([C@@H]2CNC[C@@]2(C)C(C)O)cc1OC1CCCC1. The molecule has 1 saturated carbocycles. The molecule has 1 heterocycles. The molecule has 3 atom stereocenters. The van der Waals surface area contributed by atoms with Crippen LogP contribution in [-0.4, -0.2) is 30.4 Å². The molecule has 1 aliphatic heterocycles. The highest BCUT2D eigenvalue weighted by molar-refractivity contribution is 5.39. The largest absolute Gasteiger partial charge is 0.490 e. The molecule has 1 unspecified atom stereocenters. The average molecular weight is 303 g/mol. The number of aryl methyl sites for hydroxylation is 1. The summed E-state index contributed by atoms with van der Waals surface area (Å²) in [5.74, 6) is 1.36. The molecule has 0 amide bonds. The Hall–Kier alpha value is -1.06. The molecule has 1 saturated heterocycles. The maximum absolute atomic E-state index is 10.2. The van der Waals surface area contributed by atoms with Crippen LogP contribution in [0.5, 0.6) is 5.75 Å². The summed E-state index contributed by atoms with van der Waals surface area (Å²) >= 11 is 0. The van der Waals surface area contributed by atoms with E-state index in [0.29, 0.717) is 12.0 Å². The summed E-state index contributed by atoms with van der Waals surface area (Å²) in [5.41, 5.74) is 2.38. The van der Waals surface area contributed by atoms with Crippen LogP contribution in [0.4, 0.5) is 0 Å². The average Bonchev–Trinajstić information content (AvgIpc) is 3.12. The van der Waals surface area contributed by atoms with Crippen molar-refractivity contribution in [3.8, 4) is 5.75 Å². The Kier molecular flexibility index (Phi) is 4.47. The van der Waals surface area contributed by atoms with E-state index in [9.17, 15) is 5.11 Å². The van der Waals surface area contributed by atoms with Crippen molar-refractivity contribution in [2.75, 3.05) is 13.1 Å². The number of hydrogen-bond donors (Lipinski definition) is 2. The van der Waals surface area contributed by atoms with Gasteiger partial charge in [0.05, 0.1) is 12.2 Å². The zero-order valence-corrected chi connectivity index (χ0v) is 14.1. The van der Waals surface area contributed by atoms with E-state index in [2.05, 4.69) is 37.4 Å². The van der Waals surface area contributed by atoms with Crippen LogP contribution >= 0.6 is 0 Å². The second kappa shape index (κ2) is 6.21. The summed E-state index contributed by atoms with van der Waals surface area (Å²) in [4.78, 5) is 0. The van der Waals surface area contributed by atoms with Crippen molar-refractivity contribution in [3.63, 3.8) is 0 Å². The van der Waals surface area contributed by atoms with E-state index in [0.717, 1.165) is 18.8 Å². The summed E-state index contributed by atoms with van der Waals surface area (Å²) in [5, 5.41) is 13.7. The first-order valence-electron chi connectivity index (χ1n) is 8.66. The number of aliphatic hydroxyl groups excluding tert-OH is 1. The van der Waals surface area contributed by atoms with Crippen LogP contribution in [0.15, 0.2) is 18.2 Å². The van der Waals surface area contributed by atoms with Gasteiger partial charge in [0.25, 0.3) is 0 Å². The van der Waals surface area contributed by atoms with Gasteiger partial charge in [-0.2, -0.15) is 0 Å². The molecule has 0 radical (unpaired) electrons. The summed E-state index contributed by atoms with van der Waals surface area (Å²) < 4.78 is 6.25. The van der Waals surface area contributed by atoms with Crippen molar-refractivity contribution >= 4 is 0 Å². The molecule has 0 spiro atoms. The Bertz CT molecular complexity index is 522. The number of benzene rings is 1. The maximum atomic E-state index is 10.2. The number of nitrogens with one attached hydrogen (secondary N) is 1. The van der Waals surface area contributed by atoms with Gasteiger partial charge in [0.2, 0.25) is 0 Å². The van der Waals surface area contributed by atoms with E-state index in [4.69, 9.17) is 4.74 Å². The minimum absolute atomic E-state index is 0.111. The first-order chi connectivity index (χ1) is 10.5. The van der Waals surface area contributed by atoms with Crippen LogP contribution in [0.1, 0.15) is 56.6 Å². The standard InChI is InChI=1S/C19H29NO2/c1-13-8-9-15(10-18(13)22-16-6-4-5-7-16)17-11-20-12-19(17,3)14(2)21/h8-10,14,16-17,20-21H,4-7,11-12H2,1-3H3/t14?,17-,19-/m0/s1. The second-order valence-corrected chi connectivity index (χ2v) is 7.41. The highest BCUT2D eigenvalue weighted by Crippen LogP contribution is 2.43. The van der Waals surface area contributed by atoms with Gasteiger partial charge in [0.15, 0.2) is 0 Å². The van der Waals surface area contributed by atoms with Gasteiger partial charge in [-0.3, -0.25) is 0 Å². The zero-order chi connectivity index (χ0) is 15.7. The molecule has 1 aromatic carbocycles. The molecule has 1 aromatic rings. The van der Waals surface area contributed by atoms with Crippen LogP contribution < -0.4 is 10.1 Å². The van der Waals surface area contributed by atoms with Gasteiger partial charge in [-0.05, 0) is 56.7 Å². The second-order valence-electron chi connectivity index (χ2n) is 7.41. The van der Waals surface area contributed by atoms with E-state index < -0.39 is 0 Å². The third-order valence-corrected chi connectivity index (χ3v) is 5.82. The Labute approximate surface area is 134 Å². The summed E-state index contributed by atoms with van der Waals surface area (Å²) in [6, 6.07) is 6.58. The van der Waals surface area contributed by atoms with Crippen molar-refractivity contribution in [3.05, 3.63) is 29.3 Å². The van der Waals surface area contributed by atoms with E-state index in [1.165, 1.54) is 36.8 Å². The van der Waals surface area contributed by atoms with Crippen LogP contribution in [0, 0.1) is 12.3 Å². The van der Waals surface area contributed by atoms with Crippen molar-refractivity contribution in [1.29, 1.82) is 0 Å². The topological polar surface area (TPSA) is 41.5 Å². The van der Waals surface area contributed by atoms with Crippen molar-refractivity contribution in [2.45, 2.75) is 64.6 Å². The highest BCUT2D eigenvalue weighted by Gasteiger charge is 2.43. The third kappa shape index (κ3) is 2.89. The fourth-order valence-corrected chi connectivity index (χ4v) is 3.93. The molecular formula is C19H29NO2. The predicted octanol–water partition coefficient (Wildman–Crippen LogP) is 3.39. The lowest BCUT2D eigenvalue weighted by molar-refractivity contribution is 0.0548. The molecule has 2 fully saturated rings. The molecule has 3 nitrogen and oxygen atoms in total. The summed E-state index contributed by atoms with van der Waals surface area (Å²) in [6.45, 7) is 7.99. The van der Waals surface area contributed by atoms with E-state index in [1.807, 2.05) is 6.92 Å². The van der Waals surface area contributed by atoms with Gasteiger partial charge < -0.3 is 15.2 Å². The van der Waals surface area contributed by atoms with Crippen molar-refractivity contribution in [1.82, 2.24) is 5.32 Å². The first kappa shape index (κ1) is 15.8. The number of ether oxygens (including phenoxy) is 1. The van der Waals surface area contributed by atoms with Crippen LogP contribution in [0.2, 0.25) is 0 Å². The number of rotatable bonds is 4. The normalized spacial score (nSPS) is 30.6.